The van der Waals surface area contributed by atoms with Gasteiger partial charge in [-0.15, -0.1) is 0 Å². The molecule has 1 aromatic heterocycles. The van der Waals surface area contributed by atoms with Crippen molar-refractivity contribution >= 4 is 0 Å². The Labute approximate surface area is 118 Å². The highest BCUT2D eigenvalue weighted by Crippen LogP contribution is 2.17. The molecule has 0 bridgehead atoms. The fourth-order valence-electron chi connectivity index (χ4n) is 2.38. The van der Waals surface area contributed by atoms with Crippen molar-refractivity contribution in [3.63, 3.8) is 0 Å². The molecule has 1 heterocycles. The number of nitrogens with one attached hydrogen (secondary N) is 1. The van der Waals surface area contributed by atoms with Crippen molar-refractivity contribution in [2.24, 2.45) is 11.8 Å². The number of hydrogen-bond donors (Lipinski definition) is 1. The van der Waals surface area contributed by atoms with E-state index in [2.05, 4.69) is 68.9 Å². The van der Waals surface area contributed by atoms with E-state index in [1.54, 1.807) is 0 Å². The predicted molar refractivity (Wildman–Crippen MR) is 82.4 cm³/mol. The molecule has 1 aromatic rings. The fraction of sp³-hybridized carbons (Fsp3) is 0.812. The highest BCUT2D eigenvalue weighted by atomic mass is 15.3. The van der Waals surface area contributed by atoms with Crippen LogP contribution in [0.5, 0.6) is 0 Å². The molecule has 19 heavy (non-hydrogen) atoms. The summed E-state index contributed by atoms with van der Waals surface area (Å²) in [6.07, 6.45) is 4.44. The highest BCUT2D eigenvalue weighted by Gasteiger charge is 2.14. The molecule has 1 unspecified atom stereocenters. The molecular formula is C16H31N3. The van der Waals surface area contributed by atoms with Crippen LogP contribution in [0.15, 0.2) is 12.3 Å². The van der Waals surface area contributed by atoms with Gasteiger partial charge in [-0.25, -0.2) is 0 Å². The molecule has 0 aliphatic carbocycles. The zero-order chi connectivity index (χ0) is 14.4. The molecule has 0 spiro atoms. The van der Waals surface area contributed by atoms with Crippen molar-refractivity contribution in [1.29, 1.82) is 0 Å². The first kappa shape index (κ1) is 16.2. The van der Waals surface area contributed by atoms with Gasteiger partial charge in [0.15, 0.2) is 0 Å². The summed E-state index contributed by atoms with van der Waals surface area (Å²) >= 11 is 0. The number of aromatic nitrogens is 2. The molecule has 0 saturated heterocycles. The standard InChI is InChI=1S/C16H31N3/c1-12(2)9-15(11-17-13(3)4)10-16-7-8-19(18-16)14(5)6/h7-8,12-15,17H,9-11H2,1-6H3. The molecule has 0 fully saturated rings. The van der Waals surface area contributed by atoms with Gasteiger partial charge >= 0.3 is 0 Å². The highest BCUT2D eigenvalue weighted by molar-refractivity contribution is 5.01. The van der Waals surface area contributed by atoms with Gasteiger partial charge in [0.05, 0.1) is 5.69 Å². The average molecular weight is 265 g/mol. The monoisotopic (exact) mass is 265 g/mol. The van der Waals surface area contributed by atoms with E-state index in [1.165, 1.54) is 12.1 Å². The molecule has 0 saturated carbocycles. The van der Waals surface area contributed by atoms with Gasteiger partial charge in [-0.3, -0.25) is 4.68 Å². The normalized spacial score (nSPS) is 13.7. The van der Waals surface area contributed by atoms with Gasteiger partial charge in [-0.2, -0.15) is 5.10 Å². The van der Waals surface area contributed by atoms with Crippen LogP contribution in [-0.4, -0.2) is 22.4 Å². The maximum atomic E-state index is 4.67. The van der Waals surface area contributed by atoms with Crippen molar-refractivity contribution in [1.82, 2.24) is 15.1 Å². The van der Waals surface area contributed by atoms with Crippen molar-refractivity contribution < 1.29 is 0 Å². The van der Waals surface area contributed by atoms with Crippen molar-refractivity contribution in [3.8, 4) is 0 Å². The van der Waals surface area contributed by atoms with Gasteiger partial charge in [0, 0.05) is 18.3 Å². The van der Waals surface area contributed by atoms with Crippen LogP contribution >= 0.6 is 0 Å². The summed E-state index contributed by atoms with van der Waals surface area (Å²) in [5.74, 6) is 1.42. The number of rotatable bonds is 8. The first-order valence-corrected chi connectivity index (χ1v) is 7.65. The second-order valence-electron chi connectivity index (χ2n) is 6.64. The molecule has 0 aliphatic heterocycles. The largest absolute Gasteiger partial charge is 0.314 e. The smallest absolute Gasteiger partial charge is 0.0627 e. The van der Waals surface area contributed by atoms with E-state index in [9.17, 15) is 0 Å². The van der Waals surface area contributed by atoms with Gasteiger partial charge in [0.1, 0.15) is 0 Å². The van der Waals surface area contributed by atoms with Crippen molar-refractivity contribution in [2.45, 2.75) is 66.5 Å². The summed E-state index contributed by atoms with van der Waals surface area (Å²) in [5.41, 5.74) is 1.23. The van der Waals surface area contributed by atoms with Crippen LogP contribution in [0, 0.1) is 11.8 Å². The lowest BCUT2D eigenvalue weighted by Crippen LogP contribution is -2.30. The molecule has 3 nitrogen and oxygen atoms in total. The van der Waals surface area contributed by atoms with Gasteiger partial charge in [0.25, 0.3) is 0 Å². The number of hydrogen-bond acceptors (Lipinski definition) is 2. The summed E-state index contributed by atoms with van der Waals surface area (Å²) in [5, 5.41) is 8.24. The predicted octanol–water partition coefficient (Wildman–Crippen LogP) is 3.67. The summed E-state index contributed by atoms with van der Waals surface area (Å²) < 4.78 is 2.05. The molecule has 0 amide bonds. The Morgan fingerprint density at radius 3 is 2.32 bits per heavy atom. The maximum absolute atomic E-state index is 4.67. The third kappa shape index (κ3) is 6.24. The van der Waals surface area contributed by atoms with Crippen LogP contribution in [0.4, 0.5) is 0 Å². The van der Waals surface area contributed by atoms with Crippen molar-refractivity contribution in [2.75, 3.05) is 6.54 Å². The molecule has 1 rings (SSSR count). The van der Waals surface area contributed by atoms with Crippen LogP contribution in [0.25, 0.3) is 0 Å². The Bertz CT molecular complexity index is 353. The molecule has 1 atom stereocenters. The molecule has 110 valence electrons. The summed E-state index contributed by atoms with van der Waals surface area (Å²) in [4.78, 5) is 0. The van der Waals surface area contributed by atoms with Crippen LogP contribution in [-0.2, 0) is 6.42 Å². The van der Waals surface area contributed by atoms with Crippen LogP contribution in [0.2, 0.25) is 0 Å². The lowest BCUT2D eigenvalue weighted by Gasteiger charge is -2.20. The first-order valence-electron chi connectivity index (χ1n) is 7.65. The van der Waals surface area contributed by atoms with Crippen LogP contribution < -0.4 is 5.32 Å². The summed E-state index contributed by atoms with van der Waals surface area (Å²) in [6.45, 7) is 14.4. The first-order chi connectivity index (χ1) is 8.88. The lowest BCUT2D eigenvalue weighted by atomic mass is 9.92. The van der Waals surface area contributed by atoms with E-state index in [-0.39, 0.29) is 0 Å². The van der Waals surface area contributed by atoms with E-state index < -0.39 is 0 Å². The zero-order valence-corrected chi connectivity index (χ0v) is 13.5. The minimum atomic E-state index is 0.450. The molecule has 0 aliphatic rings. The van der Waals surface area contributed by atoms with Crippen LogP contribution in [0.1, 0.15) is 59.7 Å². The second-order valence-corrected chi connectivity index (χ2v) is 6.64. The van der Waals surface area contributed by atoms with Gasteiger partial charge in [-0.05, 0) is 51.1 Å². The van der Waals surface area contributed by atoms with E-state index in [0.717, 1.165) is 18.9 Å². The topological polar surface area (TPSA) is 29.9 Å². The Morgan fingerprint density at radius 2 is 1.84 bits per heavy atom. The fourth-order valence-corrected chi connectivity index (χ4v) is 2.38. The van der Waals surface area contributed by atoms with Gasteiger partial charge < -0.3 is 5.32 Å². The minimum Gasteiger partial charge on any atom is -0.314 e. The Kier molecular flexibility index (Phi) is 6.56. The molecule has 0 aromatic carbocycles. The average Bonchev–Trinajstić information content (AvgIpc) is 2.73. The quantitative estimate of drug-likeness (QED) is 0.777. The van der Waals surface area contributed by atoms with E-state index in [0.29, 0.717) is 18.0 Å². The van der Waals surface area contributed by atoms with Crippen molar-refractivity contribution in [3.05, 3.63) is 18.0 Å². The van der Waals surface area contributed by atoms with E-state index in [4.69, 9.17) is 0 Å². The minimum absolute atomic E-state index is 0.450. The molecule has 1 N–H and O–H groups in total. The summed E-state index contributed by atoms with van der Waals surface area (Å²) in [6, 6.07) is 3.18. The maximum Gasteiger partial charge on any atom is 0.0627 e. The lowest BCUT2D eigenvalue weighted by molar-refractivity contribution is 0.368. The van der Waals surface area contributed by atoms with Crippen LogP contribution in [0.3, 0.4) is 0 Å². The van der Waals surface area contributed by atoms with Gasteiger partial charge in [-0.1, -0.05) is 27.7 Å². The second kappa shape index (κ2) is 7.68. The Morgan fingerprint density at radius 1 is 1.16 bits per heavy atom. The molecule has 0 radical (unpaired) electrons. The Balaban J connectivity index is 2.58. The summed E-state index contributed by atoms with van der Waals surface area (Å²) in [7, 11) is 0. The van der Waals surface area contributed by atoms with E-state index >= 15 is 0 Å². The number of nitrogens with zero attached hydrogens (tertiary/aromatic N) is 2. The van der Waals surface area contributed by atoms with E-state index in [1.807, 2.05) is 0 Å². The molecule has 3 heteroatoms. The molecular weight excluding hydrogens is 234 g/mol. The zero-order valence-electron chi connectivity index (χ0n) is 13.5. The van der Waals surface area contributed by atoms with Gasteiger partial charge in [0.2, 0.25) is 0 Å². The third-order valence-electron chi connectivity index (χ3n) is 3.31. The SMILES string of the molecule is CC(C)CC(CNC(C)C)Cc1ccn(C(C)C)n1. The third-order valence-corrected chi connectivity index (χ3v) is 3.31. The Hall–Kier alpha value is -0.830.